The zero-order valence-electron chi connectivity index (χ0n) is 8.95. The normalized spacial score (nSPS) is 18.5. The Morgan fingerprint density at radius 1 is 1.44 bits per heavy atom. The van der Waals surface area contributed by atoms with Gasteiger partial charge in [0.25, 0.3) is 5.91 Å². The van der Waals surface area contributed by atoms with E-state index in [2.05, 4.69) is 9.82 Å². The SMILES string of the molecule is N#Cc1ccc2c(cnn2C2=CC(=O)NS2=O)c1. The molecule has 2 heterocycles. The molecule has 0 radical (unpaired) electrons. The molecule has 1 aliphatic rings. The highest BCUT2D eigenvalue weighted by Crippen LogP contribution is 2.21. The van der Waals surface area contributed by atoms with Gasteiger partial charge >= 0.3 is 0 Å². The van der Waals surface area contributed by atoms with Crippen molar-refractivity contribution < 1.29 is 9.00 Å². The van der Waals surface area contributed by atoms with Crippen molar-refractivity contribution >= 4 is 32.8 Å². The van der Waals surface area contributed by atoms with Gasteiger partial charge in [-0.2, -0.15) is 10.4 Å². The van der Waals surface area contributed by atoms with Gasteiger partial charge in [0, 0.05) is 11.5 Å². The van der Waals surface area contributed by atoms with Gasteiger partial charge in [-0.25, -0.2) is 8.89 Å². The summed E-state index contributed by atoms with van der Waals surface area (Å²) in [6.07, 6.45) is 2.82. The molecule has 0 saturated heterocycles. The zero-order chi connectivity index (χ0) is 12.7. The minimum Gasteiger partial charge on any atom is -0.269 e. The Kier molecular flexibility index (Phi) is 2.25. The number of nitriles is 1. The first kappa shape index (κ1) is 10.7. The molecule has 0 fully saturated rings. The van der Waals surface area contributed by atoms with Crippen LogP contribution in [0.2, 0.25) is 0 Å². The lowest BCUT2D eigenvalue weighted by Crippen LogP contribution is -2.17. The first-order chi connectivity index (χ1) is 8.69. The third-order valence-corrected chi connectivity index (χ3v) is 3.60. The maximum Gasteiger partial charge on any atom is 0.258 e. The monoisotopic (exact) mass is 258 g/mol. The standard InChI is InChI=1S/C11H6N4O2S/c12-5-7-1-2-9-8(3-7)6-13-15(9)11-4-10(16)14-18(11)17/h1-4,6H,(H,14,16). The van der Waals surface area contributed by atoms with E-state index in [9.17, 15) is 9.00 Å². The molecule has 3 rings (SSSR count). The third kappa shape index (κ3) is 1.51. The molecule has 0 bridgehead atoms. The minimum atomic E-state index is -1.59. The molecule has 1 amide bonds. The highest BCUT2D eigenvalue weighted by molar-refractivity contribution is 7.93. The van der Waals surface area contributed by atoms with Gasteiger partial charge in [0.05, 0.1) is 23.3 Å². The van der Waals surface area contributed by atoms with Crippen LogP contribution in [0.5, 0.6) is 0 Å². The van der Waals surface area contributed by atoms with Gasteiger partial charge in [0.1, 0.15) is 0 Å². The Labute approximate surface area is 104 Å². The van der Waals surface area contributed by atoms with E-state index in [0.717, 1.165) is 5.39 Å². The second kappa shape index (κ2) is 3.78. The van der Waals surface area contributed by atoms with Crippen LogP contribution in [-0.4, -0.2) is 19.9 Å². The second-order valence-corrected chi connectivity index (χ2v) is 4.82. The number of aromatic nitrogens is 2. The van der Waals surface area contributed by atoms with Crippen molar-refractivity contribution in [3.05, 3.63) is 36.0 Å². The van der Waals surface area contributed by atoms with Crippen molar-refractivity contribution in [2.45, 2.75) is 0 Å². The molecule has 88 valence electrons. The van der Waals surface area contributed by atoms with E-state index in [1.54, 1.807) is 24.4 Å². The summed E-state index contributed by atoms with van der Waals surface area (Å²) in [6, 6.07) is 7.08. The van der Waals surface area contributed by atoms with Gasteiger partial charge in [-0.05, 0) is 18.2 Å². The van der Waals surface area contributed by atoms with E-state index in [-0.39, 0.29) is 0 Å². The van der Waals surface area contributed by atoms with Gasteiger partial charge in [0.15, 0.2) is 16.0 Å². The Balaban J connectivity index is 2.20. The van der Waals surface area contributed by atoms with Crippen LogP contribution in [0.1, 0.15) is 5.56 Å². The number of carbonyl (C=O) groups excluding carboxylic acids is 1. The molecular formula is C11H6N4O2S. The smallest absolute Gasteiger partial charge is 0.258 e. The van der Waals surface area contributed by atoms with Crippen LogP contribution in [0.15, 0.2) is 30.5 Å². The first-order valence-electron chi connectivity index (χ1n) is 5.01. The van der Waals surface area contributed by atoms with Gasteiger partial charge < -0.3 is 0 Å². The molecule has 0 spiro atoms. The topological polar surface area (TPSA) is 87.8 Å². The molecule has 1 aromatic carbocycles. The molecule has 1 N–H and O–H groups in total. The van der Waals surface area contributed by atoms with Crippen molar-refractivity contribution in [3.8, 4) is 6.07 Å². The number of nitrogens with zero attached hydrogens (tertiary/aromatic N) is 3. The lowest BCUT2D eigenvalue weighted by molar-refractivity contribution is -0.114. The van der Waals surface area contributed by atoms with Gasteiger partial charge in [-0.3, -0.25) is 9.52 Å². The maximum atomic E-state index is 11.6. The highest BCUT2D eigenvalue weighted by atomic mass is 32.2. The van der Waals surface area contributed by atoms with E-state index in [0.29, 0.717) is 16.1 Å². The van der Waals surface area contributed by atoms with E-state index < -0.39 is 16.9 Å². The van der Waals surface area contributed by atoms with Crippen molar-refractivity contribution in [2.24, 2.45) is 0 Å². The van der Waals surface area contributed by atoms with Gasteiger partial charge in [-0.15, -0.1) is 0 Å². The van der Waals surface area contributed by atoms with E-state index in [1.807, 2.05) is 6.07 Å². The molecule has 1 aromatic heterocycles. The molecule has 1 unspecified atom stereocenters. The lowest BCUT2D eigenvalue weighted by Gasteiger charge is -2.02. The molecule has 1 aliphatic heterocycles. The number of carbonyl (C=O) groups is 1. The fourth-order valence-corrected chi connectivity index (χ4v) is 2.62. The van der Waals surface area contributed by atoms with Crippen molar-refractivity contribution in [2.75, 3.05) is 0 Å². The first-order valence-corrected chi connectivity index (χ1v) is 6.16. The number of hydrogen-bond donors (Lipinski definition) is 1. The Hall–Kier alpha value is -2.46. The Bertz CT molecular complexity index is 769. The maximum absolute atomic E-state index is 11.6. The molecule has 6 nitrogen and oxygen atoms in total. The van der Waals surface area contributed by atoms with E-state index in [4.69, 9.17) is 5.26 Å². The largest absolute Gasteiger partial charge is 0.269 e. The van der Waals surface area contributed by atoms with Crippen LogP contribution in [0.4, 0.5) is 0 Å². The summed E-state index contributed by atoms with van der Waals surface area (Å²) < 4.78 is 15.4. The number of rotatable bonds is 1. The third-order valence-electron chi connectivity index (χ3n) is 2.54. The summed E-state index contributed by atoms with van der Waals surface area (Å²) in [5.41, 5.74) is 1.22. The Morgan fingerprint density at radius 3 is 2.94 bits per heavy atom. The summed E-state index contributed by atoms with van der Waals surface area (Å²) in [6.45, 7) is 0. The fraction of sp³-hybridized carbons (Fsp3) is 0. The molecule has 7 heteroatoms. The molecule has 2 aromatic rings. The molecule has 0 aliphatic carbocycles. The quantitative estimate of drug-likeness (QED) is 0.806. The average molecular weight is 258 g/mol. The predicted octanol–water partition coefficient (Wildman–Crippen LogP) is 0.500. The summed E-state index contributed by atoms with van der Waals surface area (Å²) in [5.74, 6) is -0.402. The summed E-state index contributed by atoms with van der Waals surface area (Å²) in [7, 11) is -1.59. The van der Waals surface area contributed by atoms with Crippen molar-refractivity contribution in [1.29, 1.82) is 5.26 Å². The lowest BCUT2D eigenvalue weighted by atomic mass is 10.2. The van der Waals surface area contributed by atoms with Crippen LogP contribution in [0, 0.1) is 11.3 Å². The Morgan fingerprint density at radius 2 is 2.28 bits per heavy atom. The average Bonchev–Trinajstić information content (AvgIpc) is 2.91. The molecule has 1 atom stereocenters. The number of fused-ring (bicyclic) bond motifs is 1. The zero-order valence-corrected chi connectivity index (χ0v) is 9.77. The van der Waals surface area contributed by atoms with Crippen molar-refractivity contribution in [1.82, 2.24) is 14.5 Å². The van der Waals surface area contributed by atoms with Crippen LogP contribution < -0.4 is 4.72 Å². The number of amides is 1. The van der Waals surface area contributed by atoms with Gasteiger partial charge in [0.2, 0.25) is 0 Å². The second-order valence-electron chi connectivity index (χ2n) is 3.66. The van der Waals surface area contributed by atoms with Gasteiger partial charge in [-0.1, -0.05) is 0 Å². The number of hydrogen-bond acceptors (Lipinski definition) is 4. The summed E-state index contributed by atoms with van der Waals surface area (Å²) in [5, 5.41) is 13.9. The summed E-state index contributed by atoms with van der Waals surface area (Å²) in [4.78, 5) is 11.1. The van der Waals surface area contributed by atoms with E-state index >= 15 is 0 Å². The van der Waals surface area contributed by atoms with E-state index in [1.165, 1.54) is 10.8 Å². The fourth-order valence-electron chi connectivity index (χ4n) is 1.76. The number of nitrogens with one attached hydrogen (secondary N) is 1. The predicted molar refractivity (Wildman–Crippen MR) is 65.0 cm³/mol. The van der Waals surface area contributed by atoms with Crippen LogP contribution in [0.3, 0.4) is 0 Å². The molecular weight excluding hydrogens is 252 g/mol. The highest BCUT2D eigenvalue weighted by Gasteiger charge is 2.23. The van der Waals surface area contributed by atoms with Crippen LogP contribution in [-0.2, 0) is 15.8 Å². The molecule has 0 saturated carbocycles. The van der Waals surface area contributed by atoms with Crippen LogP contribution in [0.25, 0.3) is 15.9 Å². The molecule has 18 heavy (non-hydrogen) atoms. The number of benzene rings is 1. The van der Waals surface area contributed by atoms with Crippen LogP contribution >= 0.6 is 0 Å². The summed E-state index contributed by atoms with van der Waals surface area (Å²) >= 11 is 0. The van der Waals surface area contributed by atoms with Crippen molar-refractivity contribution in [3.63, 3.8) is 0 Å². The minimum absolute atomic E-state index is 0.291.